The van der Waals surface area contributed by atoms with E-state index in [4.69, 9.17) is 21.8 Å². The van der Waals surface area contributed by atoms with Gasteiger partial charge in [-0.1, -0.05) is 23.7 Å². The van der Waals surface area contributed by atoms with Crippen LogP contribution in [0.4, 0.5) is 5.82 Å². The first-order valence-electron chi connectivity index (χ1n) is 5.89. The van der Waals surface area contributed by atoms with Crippen LogP contribution < -0.4 is 5.73 Å². The molecule has 0 unspecified atom stereocenters. The number of aryl methyl sites for hydroxylation is 1. The highest BCUT2D eigenvalue weighted by molar-refractivity contribution is 9.10. The van der Waals surface area contributed by atoms with E-state index in [1.807, 2.05) is 30.3 Å². The van der Waals surface area contributed by atoms with E-state index < -0.39 is 0 Å². The van der Waals surface area contributed by atoms with E-state index in [9.17, 15) is 0 Å². The predicted molar refractivity (Wildman–Crippen MR) is 83.5 cm³/mol. The van der Waals surface area contributed by atoms with E-state index in [0.717, 1.165) is 22.4 Å². The fourth-order valence-corrected chi connectivity index (χ4v) is 2.74. The van der Waals surface area contributed by atoms with Crippen LogP contribution >= 0.6 is 27.5 Å². The van der Waals surface area contributed by atoms with Gasteiger partial charge in [0.25, 0.3) is 0 Å². The molecule has 1 aromatic carbocycles. The molecule has 20 heavy (non-hydrogen) atoms. The fraction of sp³-hybridized carbons (Fsp3) is 0.0714. The molecule has 0 bridgehead atoms. The van der Waals surface area contributed by atoms with E-state index in [1.165, 1.54) is 0 Å². The Morgan fingerprint density at radius 2 is 2.15 bits per heavy atom. The van der Waals surface area contributed by atoms with Crippen LogP contribution in [0.25, 0.3) is 22.4 Å². The first kappa shape index (κ1) is 13.3. The maximum absolute atomic E-state index is 6.15. The average Bonchev–Trinajstić information content (AvgIpc) is 2.94. The summed E-state index contributed by atoms with van der Waals surface area (Å²) in [6.07, 6.45) is 1.60. The molecule has 0 saturated carbocycles. The number of benzene rings is 1. The fourth-order valence-electron chi connectivity index (χ4n) is 2.12. The molecule has 0 saturated heterocycles. The molecule has 0 aliphatic rings. The molecule has 0 amide bonds. The number of nitrogens with two attached hydrogens (primary N) is 1. The summed E-state index contributed by atoms with van der Waals surface area (Å²) in [4.78, 5) is 0. The van der Waals surface area contributed by atoms with Crippen molar-refractivity contribution in [2.75, 3.05) is 5.73 Å². The van der Waals surface area contributed by atoms with Crippen molar-refractivity contribution in [2.24, 2.45) is 7.05 Å². The van der Waals surface area contributed by atoms with Crippen LogP contribution in [-0.4, -0.2) is 9.78 Å². The zero-order valence-electron chi connectivity index (χ0n) is 10.6. The van der Waals surface area contributed by atoms with Gasteiger partial charge >= 0.3 is 0 Å². The SMILES string of the molecule is Cn1nc(-c2ccoc2Br)c(-c2cccc(Cl)c2)c1N. The summed E-state index contributed by atoms with van der Waals surface area (Å²) < 4.78 is 7.55. The Balaban J connectivity index is 2.28. The summed E-state index contributed by atoms with van der Waals surface area (Å²) in [5.41, 5.74) is 9.53. The number of hydrogen-bond acceptors (Lipinski definition) is 3. The van der Waals surface area contributed by atoms with Crippen LogP contribution in [0.5, 0.6) is 0 Å². The highest BCUT2D eigenvalue weighted by Crippen LogP contribution is 2.39. The summed E-state index contributed by atoms with van der Waals surface area (Å²) >= 11 is 9.44. The van der Waals surface area contributed by atoms with Crippen LogP contribution in [0.1, 0.15) is 0 Å². The van der Waals surface area contributed by atoms with E-state index in [-0.39, 0.29) is 0 Å². The molecule has 2 aromatic heterocycles. The number of furan rings is 1. The molecular formula is C14H11BrClN3O. The highest BCUT2D eigenvalue weighted by Gasteiger charge is 2.20. The third-order valence-electron chi connectivity index (χ3n) is 3.08. The number of nitrogens with zero attached hydrogens (tertiary/aromatic N) is 2. The summed E-state index contributed by atoms with van der Waals surface area (Å²) in [6.45, 7) is 0. The van der Waals surface area contributed by atoms with Gasteiger partial charge in [-0.05, 0) is 39.7 Å². The van der Waals surface area contributed by atoms with Gasteiger partial charge in [-0.25, -0.2) is 0 Å². The van der Waals surface area contributed by atoms with Crippen molar-refractivity contribution >= 4 is 33.3 Å². The smallest absolute Gasteiger partial charge is 0.178 e. The van der Waals surface area contributed by atoms with Gasteiger partial charge in [-0.3, -0.25) is 4.68 Å². The van der Waals surface area contributed by atoms with Crippen LogP contribution in [0.3, 0.4) is 0 Å². The van der Waals surface area contributed by atoms with Crippen molar-refractivity contribution in [3.8, 4) is 22.4 Å². The normalized spacial score (nSPS) is 10.9. The number of hydrogen-bond donors (Lipinski definition) is 1. The Hall–Kier alpha value is -1.72. The molecule has 0 radical (unpaired) electrons. The van der Waals surface area contributed by atoms with Gasteiger partial charge in [-0.15, -0.1) is 0 Å². The molecule has 3 aromatic rings. The second kappa shape index (κ2) is 5.00. The summed E-state index contributed by atoms with van der Waals surface area (Å²) in [6, 6.07) is 9.38. The van der Waals surface area contributed by atoms with Gasteiger partial charge in [0.05, 0.1) is 17.4 Å². The van der Waals surface area contributed by atoms with Gasteiger partial charge in [0.15, 0.2) is 4.67 Å². The molecule has 0 fully saturated rings. The predicted octanol–water partition coefficient (Wildman–Crippen LogP) is 4.35. The second-order valence-corrected chi connectivity index (χ2v) is 5.51. The molecule has 2 N–H and O–H groups in total. The minimum absolute atomic E-state index is 0.579. The van der Waals surface area contributed by atoms with Gasteiger partial charge in [-0.2, -0.15) is 5.10 Å². The Labute approximate surface area is 129 Å². The largest absolute Gasteiger partial charge is 0.457 e. The zero-order valence-corrected chi connectivity index (χ0v) is 12.9. The quantitative estimate of drug-likeness (QED) is 0.746. The Kier molecular flexibility index (Phi) is 3.31. The molecule has 2 heterocycles. The van der Waals surface area contributed by atoms with Crippen molar-refractivity contribution in [3.05, 3.63) is 46.3 Å². The van der Waals surface area contributed by atoms with Gasteiger partial charge < -0.3 is 10.2 Å². The molecule has 0 atom stereocenters. The van der Waals surface area contributed by atoms with Crippen molar-refractivity contribution in [3.63, 3.8) is 0 Å². The summed E-state index contributed by atoms with van der Waals surface area (Å²) in [5, 5.41) is 5.13. The maximum Gasteiger partial charge on any atom is 0.178 e. The molecule has 102 valence electrons. The lowest BCUT2D eigenvalue weighted by molar-refractivity contribution is 0.542. The third kappa shape index (κ3) is 2.13. The number of halogens is 2. The van der Waals surface area contributed by atoms with Crippen molar-refractivity contribution in [1.29, 1.82) is 0 Å². The second-order valence-electron chi connectivity index (χ2n) is 4.35. The van der Waals surface area contributed by atoms with Gasteiger partial charge in [0.2, 0.25) is 0 Å². The molecule has 0 aliphatic carbocycles. The molecule has 0 spiro atoms. The van der Waals surface area contributed by atoms with Crippen molar-refractivity contribution < 1.29 is 4.42 Å². The number of nitrogen functional groups attached to an aromatic ring is 1. The van der Waals surface area contributed by atoms with Crippen molar-refractivity contribution in [2.45, 2.75) is 0 Å². The average molecular weight is 353 g/mol. The standard InChI is InChI=1S/C14H11BrClN3O/c1-19-14(17)11(8-3-2-4-9(16)7-8)12(18-19)10-5-6-20-13(10)15/h2-7H,17H2,1H3. The van der Waals surface area contributed by atoms with Crippen LogP contribution in [-0.2, 0) is 7.05 Å². The van der Waals surface area contributed by atoms with Crippen molar-refractivity contribution in [1.82, 2.24) is 9.78 Å². The monoisotopic (exact) mass is 351 g/mol. The van der Waals surface area contributed by atoms with Crippen LogP contribution in [0.2, 0.25) is 5.02 Å². The zero-order chi connectivity index (χ0) is 14.3. The molecule has 0 aliphatic heterocycles. The minimum atomic E-state index is 0.579. The highest BCUT2D eigenvalue weighted by atomic mass is 79.9. The summed E-state index contributed by atoms with van der Waals surface area (Å²) in [5.74, 6) is 0.579. The van der Waals surface area contributed by atoms with Gasteiger partial charge in [0, 0.05) is 12.1 Å². The topological polar surface area (TPSA) is 57.0 Å². The lowest BCUT2D eigenvalue weighted by atomic mass is 10.0. The summed E-state index contributed by atoms with van der Waals surface area (Å²) in [7, 11) is 1.81. The Bertz CT molecular complexity index is 779. The van der Waals surface area contributed by atoms with Crippen LogP contribution in [0.15, 0.2) is 45.7 Å². The van der Waals surface area contributed by atoms with Crippen LogP contribution in [0, 0.1) is 0 Å². The minimum Gasteiger partial charge on any atom is -0.457 e. The molecule has 6 heteroatoms. The van der Waals surface area contributed by atoms with E-state index in [2.05, 4.69) is 21.0 Å². The van der Waals surface area contributed by atoms with E-state index >= 15 is 0 Å². The lowest BCUT2D eigenvalue weighted by Crippen LogP contribution is -1.97. The van der Waals surface area contributed by atoms with E-state index in [1.54, 1.807) is 18.0 Å². The molecular weight excluding hydrogens is 342 g/mol. The first-order valence-corrected chi connectivity index (χ1v) is 7.07. The number of rotatable bonds is 2. The third-order valence-corrected chi connectivity index (χ3v) is 3.93. The lowest BCUT2D eigenvalue weighted by Gasteiger charge is -2.04. The number of aromatic nitrogens is 2. The van der Waals surface area contributed by atoms with Gasteiger partial charge in [0.1, 0.15) is 11.5 Å². The Morgan fingerprint density at radius 3 is 2.80 bits per heavy atom. The maximum atomic E-state index is 6.15. The Morgan fingerprint density at radius 1 is 1.35 bits per heavy atom. The molecule has 3 rings (SSSR count). The molecule has 4 nitrogen and oxygen atoms in total. The number of anilines is 1. The first-order chi connectivity index (χ1) is 9.58. The van der Waals surface area contributed by atoms with E-state index in [0.29, 0.717) is 15.5 Å².